The van der Waals surface area contributed by atoms with Gasteiger partial charge in [-0.15, -0.1) is 0 Å². The number of nitrogens with one attached hydrogen (secondary N) is 1. The first-order valence-corrected chi connectivity index (χ1v) is 5.87. The lowest BCUT2D eigenvalue weighted by atomic mass is 9.64. The van der Waals surface area contributed by atoms with Crippen LogP contribution in [0.25, 0.3) is 0 Å². The number of ether oxygens (including phenoxy) is 1. The molecular weight excluding hydrogens is 212 g/mol. The van der Waals surface area contributed by atoms with Gasteiger partial charge in [-0.1, -0.05) is 19.9 Å². The lowest BCUT2D eigenvalue weighted by molar-refractivity contribution is -0.0794. The van der Waals surface area contributed by atoms with Crippen molar-refractivity contribution in [2.75, 3.05) is 12.4 Å². The van der Waals surface area contributed by atoms with E-state index < -0.39 is 0 Å². The Morgan fingerprint density at radius 1 is 1.47 bits per heavy atom. The molecule has 0 bridgehead atoms. The van der Waals surface area contributed by atoms with Gasteiger partial charge in [-0.05, 0) is 24.6 Å². The van der Waals surface area contributed by atoms with Crippen molar-refractivity contribution in [2.45, 2.75) is 32.4 Å². The maximum Gasteiger partial charge on any atom is 0.0992 e. The van der Waals surface area contributed by atoms with Crippen LogP contribution in [0.5, 0.6) is 0 Å². The summed E-state index contributed by atoms with van der Waals surface area (Å²) in [6.07, 6.45) is 1.33. The molecule has 2 rings (SSSR count). The van der Waals surface area contributed by atoms with Gasteiger partial charge in [0.2, 0.25) is 0 Å². The zero-order valence-corrected chi connectivity index (χ0v) is 10.5. The van der Waals surface area contributed by atoms with Crippen molar-refractivity contribution in [1.82, 2.24) is 0 Å². The second-order valence-electron chi connectivity index (χ2n) is 5.17. The first-order chi connectivity index (χ1) is 8.07. The molecule has 3 heteroatoms. The predicted octanol–water partition coefficient (Wildman–Crippen LogP) is 2.78. The molecule has 1 N–H and O–H groups in total. The van der Waals surface area contributed by atoms with Gasteiger partial charge in [-0.25, -0.2) is 0 Å². The van der Waals surface area contributed by atoms with E-state index in [9.17, 15) is 0 Å². The van der Waals surface area contributed by atoms with Gasteiger partial charge < -0.3 is 10.1 Å². The monoisotopic (exact) mass is 230 g/mol. The summed E-state index contributed by atoms with van der Waals surface area (Å²) in [4.78, 5) is 0. The van der Waals surface area contributed by atoms with Gasteiger partial charge in [0, 0.05) is 24.3 Å². The first-order valence-electron chi connectivity index (χ1n) is 5.87. The van der Waals surface area contributed by atoms with E-state index in [1.807, 2.05) is 24.3 Å². The first kappa shape index (κ1) is 11.9. The largest absolute Gasteiger partial charge is 0.382 e. The minimum atomic E-state index is 0.136. The van der Waals surface area contributed by atoms with Gasteiger partial charge in [-0.2, -0.15) is 5.26 Å². The molecule has 1 saturated carbocycles. The lowest BCUT2D eigenvalue weighted by Gasteiger charge is -2.51. The molecule has 17 heavy (non-hydrogen) atoms. The van der Waals surface area contributed by atoms with Gasteiger partial charge in [0.1, 0.15) is 0 Å². The number of hydrogen-bond donors (Lipinski definition) is 1. The number of benzene rings is 1. The quantitative estimate of drug-likeness (QED) is 0.868. The normalized spacial score (nSPS) is 25.8. The minimum Gasteiger partial charge on any atom is -0.382 e. The fourth-order valence-electron chi connectivity index (χ4n) is 2.41. The van der Waals surface area contributed by atoms with Crippen molar-refractivity contribution in [2.24, 2.45) is 5.41 Å². The lowest BCUT2D eigenvalue weighted by Crippen LogP contribution is -2.57. The highest BCUT2D eigenvalue weighted by atomic mass is 16.5. The average Bonchev–Trinajstić information content (AvgIpc) is 2.34. The summed E-state index contributed by atoms with van der Waals surface area (Å²) in [5.41, 5.74) is 1.84. The summed E-state index contributed by atoms with van der Waals surface area (Å²) < 4.78 is 5.42. The van der Waals surface area contributed by atoms with E-state index in [-0.39, 0.29) is 5.41 Å². The van der Waals surface area contributed by atoms with Gasteiger partial charge in [0.25, 0.3) is 0 Å². The highest BCUT2D eigenvalue weighted by Crippen LogP contribution is 2.43. The highest BCUT2D eigenvalue weighted by Gasteiger charge is 2.48. The molecule has 90 valence electrons. The third kappa shape index (κ3) is 2.13. The Kier molecular flexibility index (Phi) is 3.08. The average molecular weight is 230 g/mol. The summed E-state index contributed by atoms with van der Waals surface area (Å²) in [5, 5.41) is 12.3. The van der Waals surface area contributed by atoms with Crippen LogP contribution in [0, 0.1) is 16.7 Å². The zero-order chi connectivity index (χ0) is 12.5. The third-order valence-corrected chi connectivity index (χ3v) is 3.79. The van der Waals surface area contributed by atoms with Gasteiger partial charge >= 0.3 is 0 Å². The third-order valence-electron chi connectivity index (χ3n) is 3.79. The number of anilines is 1. The van der Waals surface area contributed by atoms with Crippen molar-refractivity contribution < 1.29 is 4.74 Å². The van der Waals surface area contributed by atoms with Crippen LogP contribution in [0.1, 0.15) is 25.8 Å². The molecule has 1 aromatic carbocycles. The van der Waals surface area contributed by atoms with E-state index in [1.54, 1.807) is 7.11 Å². The van der Waals surface area contributed by atoms with Crippen molar-refractivity contribution in [3.63, 3.8) is 0 Å². The van der Waals surface area contributed by atoms with Crippen molar-refractivity contribution in [1.29, 1.82) is 5.26 Å². The Balaban J connectivity index is 2.06. The van der Waals surface area contributed by atoms with Crippen LogP contribution in [0.4, 0.5) is 5.69 Å². The van der Waals surface area contributed by atoms with Gasteiger partial charge in [0.05, 0.1) is 17.7 Å². The summed E-state index contributed by atoms with van der Waals surface area (Å²) in [5.74, 6) is 0. The molecule has 1 aliphatic rings. The van der Waals surface area contributed by atoms with Crippen LogP contribution < -0.4 is 5.32 Å². The van der Waals surface area contributed by atoms with Crippen molar-refractivity contribution in [3.8, 4) is 6.07 Å². The number of methoxy groups -OCH3 is 1. The Bertz CT molecular complexity index is 448. The molecule has 0 aromatic heterocycles. The van der Waals surface area contributed by atoms with Crippen LogP contribution in [0.3, 0.4) is 0 Å². The van der Waals surface area contributed by atoms with Gasteiger partial charge in [0.15, 0.2) is 0 Å². The van der Waals surface area contributed by atoms with E-state index in [0.29, 0.717) is 17.7 Å². The Morgan fingerprint density at radius 2 is 2.24 bits per heavy atom. The molecule has 1 aromatic rings. The van der Waals surface area contributed by atoms with E-state index in [1.165, 1.54) is 0 Å². The van der Waals surface area contributed by atoms with Crippen LogP contribution in [-0.4, -0.2) is 19.3 Å². The SMILES string of the molecule is COC1CC(Nc2cccc(C#N)c2)C1(C)C. The maximum absolute atomic E-state index is 8.85. The second kappa shape index (κ2) is 4.38. The second-order valence-corrected chi connectivity index (χ2v) is 5.17. The fraction of sp³-hybridized carbons (Fsp3) is 0.500. The number of rotatable bonds is 3. The molecule has 0 amide bonds. The molecule has 2 atom stereocenters. The molecule has 0 heterocycles. The smallest absolute Gasteiger partial charge is 0.0992 e. The van der Waals surface area contributed by atoms with E-state index in [4.69, 9.17) is 10.00 Å². The van der Waals surface area contributed by atoms with E-state index >= 15 is 0 Å². The molecule has 0 spiro atoms. The molecular formula is C14H18N2O. The standard InChI is InChI=1S/C14H18N2O/c1-14(2)12(8-13(14)17-3)16-11-6-4-5-10(7-11)9-15/h4-7,12-13,16H,8H2,1-3H3. The van der Waals surface area contributed by atoms with Crippen LogP contribution >= 0.6 is 0 Å². The van der Waals surface area contributed by atoms with E-state index in [0.717, 1.165) is 12.1 Å². The number of hydrogen-bond acceptors (Lipinski definition) is 3. The molecule has 0 saturated heterocycles. The Hall–Kier alpha value is -1.53. The van der Waals surface area contributed by atoms with Crippen molar-refractivity contribution >= 4 is 5.69 Å². The number of nitrogens with zero attached hydrogens (tertiary/aromatic N) is 1. The summed E-state index contributed by atoms with van der Waals surface area (Å²) >= 11 is 0. The predicted molar refractivity (Wildman–Crippen MR) is 67.8 cm³/mol. The zero-order valence-electron chi connectivity index (χ0n) is 10.5. The fourth-order valence-corrected chi connectivity index (χ4v) is 2.41. The van der Waals surface area contributed by atoms with Crippen LogP contribution in [0.15, 0.2) is 24.3 Å². The molecule has 0 aliphatic heterocycles. The topological polar surface area (TPSA) is 45.0 Å². The molecule has 2 unspecified atom stereocenters. The highest BCUT2D eigenvalue weighted by molar-refractivity contribution is 5.50. The summed E-state index contributed by atoms with van der Waals surface area (Å²) in [6, 6.07) is 10.2. The Morgan fingerprint density at radius 3 is 2.82 bits per heavy atom. The van der Waals surface area contributed by atoms with Crippen LogP contribution in [0.2, 0.25) is 0 Å². The molecule has 1 aliphatic carbocycles. The molecule has 1 fully saturated rings. The number of nitriles is 1. The minimum absolute atomic E-state index is 0.136. The summed E-state index contributed by atoms with van der Waals surface area (Å²) in [7, 11) is 1.76. The van der Waals surface area contributed by atoms with Gasteiger partial charge in [-0.3, -0.25) is 0 Å². The molecule has 3 nitrogen and oxygen atoms in total. The van der Waals surface area contributed by atoms with Crippen molar-refractivity contribution in [3.05, 3.63) is 29.8 Å². The van der Waals surface area contributed by atoms with Crippen LogP contribution in [-0.2, 0) is 4.74 Å². The Labute approximate surface area is 102 Å². The maximum atomic E-state index is 8.85. The van der Waals surface area contributed by atoms with E-state index in [2.05, 4.69) is 25.2 Å². The summed E-state index contributed by atoms with van der Waals surface area (Å²) in [6.45, 7) is 4.41. The molecule has 0 radical (unpaired) electrons.